The predicted molar refractivity (Wildman–Crippen MR) is 72.1 cm³/mol. The zero-order valence-electron chi connectivity index (χ0n) is 11.1. The number of aryl methyl sites for hydroxylation is 1. The Labute approximate surface area is 108 Å². The van der Waals surface area contributed by atoms with E-state index in [-0.39, 0.29) is 6.54 Å². The Morgan fingerprint density at radius 2 is 1.94 bits per heavy atom. The van der Waals surface area contributed by atoms with E-state index in [2.05, 4.69) is 6.92 Å². The van der Waals surface area contributed by atoms with E-state index in [0.717, 1.165) is 24.3 Å². The summed E-state index contributed by atoms with van der Waals surface area (Å²) in [5.74, 6) is -0.828. The summed E-state index contributed by atoms with van der Waals surface area (Å²) >= 11 is 0. The number of anilines is 1. The molecule has 0 heterocycles. The lowest BCUT2D eigenvalue weighted by atomic mass is 10.2. The maximum atomic E-state index is 10.9. The largest absolute Gasteiger partial charge is 0.480 e. The minimum absolute atomic E-state index is 0.00144. The van der Waals surface area contributed by atoms with Gasteiger partial charge in [-0.25, -0.2) is 0 Å². The molecular formula is C14H21NO3. The molecule has 0 spiro atoms. The van der Waals surface area contributed by atoms with Gasteiger partial charge in [0.25, 0.3) is 0 Å². The fourth-order valence-electron chi connectivity index (χ4n) is 1.64. The monoisotopic (exact) mass is 251 g/mol. The number of aliphatic carboxylic acids is 1. The molecule has 0 aliphatic rings. The summed E-state index contributed by atoms with van der Waals surface area (Å²) in [5, 5.41) is 8.92. The third-order valence-electron chi connectivity index (χ3n) is 2.58. The Hall–Kier alpha value is -1.55. The van der Waals surface area contributed by atoms with Gasteiger partial charge in [-0.05, 0) is 25.5 Å². The summed E-state index contributed by atoms with van der Waals surface area (Å²) in [6.07, 6.45) is 0.976. The van der Waals surface area contributed by atoms with Crippen LogP contribution in [-0.2, 0) is 9.53 Å². The molecule has 0 saturated carbocycles. The Bertz CT molecular complexity index is 362. The minimum atomic E-state index is -0.828. The van der Waals surface area contributed by atoms with E-state index in [9.17, 15) is 4.79 Å². The molecule has 0 aliphatic heterocycles. The Morgan fingerprint density at radius 3 is 2.50 bits per heavy atom. The summed E-state index contributed by atoms with van der Waals surface area (Å²) in [4.78, 5) is 12.7. The average molecular weight is 251 g/mol. The van der Waals surface area contributed by atoms with Gasteiger partial charge in [0.2, 0.25) is 0 Å². The Balaban J connectivity index is 2.59. The van der Waals surface area contributed by atoms with Crippen LogP contribution in [0.4, 0.5) is 5.69 Å². The third-order valence-corrected chi connectivity index (χ3v) is 2.58. The molecule has 0 fully saturated rings. The molecule has 1 aromatic rings. The van der Waals surface area contributed by atoms with Crippen molar-refractivity contribution in [2.45, 2.75) is 20.3 Å². The van der Waals surface area contributed by atoms with Gasteiger partial charge in [0.05, 0.1) is 6.61 Å². The van der Waals surface area contributed by atoms with Crippen LogP contribution in [-0.4, -0.2) is 37.4 Å². The molecule has 100 valence electrons. The van der Waals surface area contributed by atoms with Crippen LogP contribution in [0.15, 0.2) is 24.3 Å². The summed E-state index contributed by atoms with van der Waals surface area (Å²) in [7, 11) is 0. The molecule has 0 bridgehead atoms. The number of hydrogen-bond donors (Lipinski definition) is 1. The number of carboxylic acid groups (broad SMARTS) is 1. The van der Waals surface area contributed by atoms with Gasteiger partial charge in [-0.2, -0.15) is 0 Å². The number of rotatable bonds is 8. The molecule has 0 saturated heterocycles. The summed E-state index contributed by atoms with van der Waals surface area (Å²) in [5.41, 5.74) is 2.08. The molecule has 4 heteroatoms. The molecule has 1 rings (SSSR count). The molecule has 18 heavy (non-hydrogen) atoms. The first-order valence-corrected chi connectivity index (χ1v) is 6.24. The summed E-state index contributed by atoms with van der Waals surface area (Å²) in [6.45, 7) is 5.92. The molecule has 0 aliphatic carbocycles. The fraction of sp³-hybridized carbons (Fsp3) is 0.500. The quantitative estimate of drug-likeness (QED) is 0.720. The molecule has 0 atom stereocenters. The zero-order valence-corrected chi connectivity index (χ0v) is 11.1. The van der Waals surface area contributed by atoms with Crippen molar-refractivity contribution in [2.75, 3.05) is 31.2 Å². The van der Waals surface area contributed by atoms with E-state index in [1.165, 1.54) is 0 Å². The van der Waals surface area contributed by atoms with Crippen molar-refractivity contribution in [3.8, 4) is 0 Å². The van der Waals surface area contributed by atoms with Crippen LogP contribution in [0.2, 0.25) is 0 Å². The normalized spacial score (nSPS) is 10.3. The van der Waals surface area contributed by atoms with Crippen molar-refractivity contribution in [1.82, 2.24) is 0 Å². The molecule has 1 aromatic carbocycles. The SMILES string of the molecule is CCCOCCN(CC(=O)O)c1ccc(C)cc1. The first-order chi connectivity index (χ1) is 8.63. The smallest absolute Gasteiger partial charge is 0.323 e. The highest BCUT2D eigenvalue weighted by Crippen LogP contribution is 2.14. The maximum Gasteiger partial charge on any atom is 0.323 e. The van der Waals surface area contributed by atoms with E-state index < -0.39 is 5.97 Å². The summed E-state index contributed by atoms with van der Waals surface area (Å²) in [6, 6.07) is 7.85. The van der Waals surface area contributed by atoms with Crippen molar-refractivity contribution in [1.29, 1.82) is 0 Å². The number of ether oxygens (including phenoxy) is 1. The van der Waals surface area contributed by atoms with Gasteiger partial charge in [0.1, 0.15) is 6.54 Å². The van der Waals surface area contributed by atoms with Gasteiger partial charge in [-0.3, -0.25) is 4.79 Å². The molecule has 1 N–H and O–H groups in total. The standard InChI is InChI=1S/C14H21NO3/c1-3-9-18-10-8-15(11-14(16)17)13-6-4-12(2)5-7-13/h4-7H,3,8-11H2,1-2H3,(H,16,17). The second kappa shape index (κ2) is 7.71. The second-order valence-corrected chi connectivity index (χ2v) is 4.26. The van der Waals surface area contributed by atoms with Crippen LogP contribution in [0.5, 0.6) is 0 Å². The van der Waals surface area contributed by atoms with Crippen LogP contribution in [0, 0.1) is 6.92 Å². The highest BCUT2D eigenvalue weighted by molar-refractivity contribution is 5.73. The van der Waals surface area contributed by atoms with Gasteiger partial charge >= 0.3 is 5.97 Å². The van der Waals surface area contributed by atoms with Gasteiger partial charge in [-0.1, -0.05) is 24.6 Å². The topological polar surface area (TPSA) is 49.8 Å². The lowest BCUT2D eigenvalue weighted by Gasteiger charge is -2.22. The van der Waals surface area contributed by atoms with Crippen molar-refractivity contribution in [3.63, 3.8) is 0 Å². The molecule has 0 aromatic heterocycles. The van der Waals surface area contributed by atoms with Crippen LogP contribution < -0.4 is 4.90 Å². The molecule has 0 unspecified atom stereocenters. The highest BCUT2D eigenvalue weighted by atomic mass is 16.5. The van der Waals surface area contributed by atoms with Gasteiger partial charge < -0.3 is 14.7 Å². The zero-order chi connectivity index (χ0) is 13.4. The molecule has 0 radical (unpaired) electrons. The highest BCUT2D eigenvalue weighted by Gasteiger charge is 2.10. The number of carboxylic acids is 1. The minimum Gasteiger partial charge on any atom is -0.480 e. The third kappa shape index (κ3) is 5.19. The van der Waals surface area contributed by atoms with Crippen molar-refractivity contribution in [2.24, 2.45) is 0 Å². The number of carbonyl (C=O) groups is 1. The molecule has 4 nitrogen and oxygen atoms in total. The first kappa shape index (κ1) is 14.5. The number of nitrogens with zero attached hydrogens (tertiary/aromatic N) is 1. The van der Waals surface area contributed by atoms with Crippen molar-refractivity contribution < 1.29 is 14.6 Å². The Morgan fingerprint density at radius 1 is 1.28 bits per heavy atom. The van der Waals surface area contributed by atoms with E-state index in [4.69, 9.17) is 9.84 Å². The Kier molecular flexibility index (Phi) is 6.22. The number of hydrogen-bond acceptors (Lipinski definition) is 3. The summed E-state index contributed by atoms with van der Waals surface area (Å²) < 4.78 is 5.41. The van der Waals surface area contributed by atoms with E-state index in [1.54, 1.807) is 0 Å². The molecule has 0 amide bonds. The van der Waals surface area contributed by atoms with E-state index >= 15 is 0 Å². The lowest BCUT2D eigenvalue weighted by molar-refractivity contribution is -0.135. The van der Waals surface area contributed by atoms with Crippen molar-refractivity contribution in [3.05, 3.63) is 29.8 Å². The van der Waals surface area contributed by atoms with Gasteiger partial charge in [0.15, 0.2) is 0 Å². The molecular weight excluding hydrogens is 230 g/mol. The average Bonchev–Trinajstić information content (AvgIpc) is 2.34. The van der Waals surface area contributed by atoms with Crippen LogP contribution in [0.25, 0.3) is 0 Å². The maximum absolute atomic E-state index is 10.9. The van der Waals surface area contributed by atoms with Crippen LogP contribution in [0.3, 0.4) is 0 Å². The fourth-order valence-corrected chi connectivity index (χ4v) is 1.64. The van der Waals surface area contributed by atoms with Crippen LogP contribution >= 0.6 is 0 Å². The van der Waals surface area contributed by atoms with Crippen molar-refractivity contribution >= 4 is 11.7 Å². The first-order valence-electron chi connectivity index (χ1n) is 6.24. The van der Waals surface area contributed by atoms with Crippen LogP contribution in [0.1, 0.15) is 18.9 Å². The van der Waals surface area contributed by atoms with E-state index in [1.807, 2.05) is 36.1 Å². The predicted octanol–water partition coefficient (Wildman–Crippen LogP) is 2.31. The second-order valence-electron chi connectivity index (χ2n) is 4.26. The van der Waals surface area contributed by atoms with Gasteiger partial charge in [0, 0.05) is 18.8 Å². The number of benzene rings is 1. The van der Waals surface area contributed by atoms with Gasteiger partial charge in [-0.15, -0.1) is 0 Å². The lowest BCUT2D eigenvalue weighted by Crippen LogP contribution is -2.32. The van der Waals surface area contributed by atoms with E-state index in [0.29, 0.717) is 13.2 Å².